The van der Waals surface area contributed by atoms with Gasteiger partial charge in [-0.05, 0) is 43.9 Å². The highest BCUT2D eigenvalue weighted by molar-refractivity contribution is 5.38. The first-order valence-electron chi connectivity index (χ1n) is 8.05. The summed E-state index contributed by atoms with van der Waals surface area (Å²) in [7, 11) is 1.88. The minimum atomic E-state index is -0.285. The molecular weight excluding hydrogens is 293 g/mol. The number of likely N-dealkylation sites (tertiary alicyclic amines) is 1. The van der Waals surface area contributed by atoms with Gasteiger partial charge in [0, 0.05) is 32.5 Å². The monoisotopic (exact) mass is 315 g/mol. The van der Waals surface area contributed by atoms with Crippen molar-refractivity contribution < 1.29 is 4.39 Å². The maximum Gasteiger partial charge on any atom is 0.147 e. The fourth-order valence-corrected chi connectivity index (χ4v) is 3.19. The van der Waals surface area contributed by atoms with E-state index in [4.69, 9.17) is 0 Å². The highest BCUT2D eigenvalue weighted by Crippen LogP contribution is 2.23. The molecule has 0 radical (unpaired) electrons. The number of rotatable bonds is 5. The van der Waals surface area contributed by atoms with Gasteiger partial charge in [0.2, 0.25) is 0 Å². The molecule has 1 saturated heterocycles. The molecule has 3 heterocycles. The molecule has 1 fully saturated rings. The average Bonchev–Trinajstić information content (AvgIpc) is 2.58. The van der Waals surface area contributed by atoms with Crippen LogP contribution in [0.2, 0.25) is 0 Å². The van der Waals surface area contributed by atoms with E-state index in [2.05, 4.69) is 25.2 Å². The predicted octanol–water partition coefficient (Wildman–Crippen LogP) is 2.51. The minimum Gasteiger partial charge on any atom is -0.372 e. The number of nitrogens with zero attached hydrogens (tertiary/aromatic N) is 4. The van der Waals surface area contributed by atoms with Gasteiger partial charge in [-0.1, -0.05) is 0 Å². The van der Waals surface area contributed by atoms with Crippen LogP contribution in [0.3, 0.4) is 0 Å². The molecule has 2 aromatic rings. The van der Waals surface area contributed by atoms with Crippen molar-refractivity contribution in [3.8, 4) is 0 Å². The molecule has 5 nitrogen and oxygen atoms in total. The third kappa shape index (κ3) is 4.22. The maximum atomic E-state index is 12.9. The summed E-state index contributed by atoms with van der Waals surface area (Å²) in [6, 6.07) is 3.24. The van der Waals surface area contributed by atoms with E-state index in [1.54, 1.807) is 18.5 Å². The number of anilines is 1. The van der Waals surface area contributed by atoms with Gasteiger partial charge in [0.05, 0.1) is 17.6 Å². The Bertz CT molecular complexity index is 631. The Morgan fingerprint density at radius 3 is 2.91 bits per heavy atom. The molecule has 1 aliphatic heterocycles. The number of halogens is 1. The van der Waals surface area contributed by atoms with E-state index in [9.17, 15) is 4.39 Å². The molecule has 0 bridgehead atoms. The lowest BCUT2D eigenvalue weighted by atomic mass is 9.93. The van der Waals surface area contributed by atoms with E-state index in [1.165, 1.54) is 25.1 Å². The van der Waals surface area contributed by atoms with Crippen molar-refractivity contribution in [2.24, 2.45) is 5.92 Å². The molecule has 0 saturated carbocycles. The van der Waals surface area contributed by atoms with E-state index < -0.39 is 0 Å². The van der Waals surface area contributed by atoms with Gasteiger partial charge in [-0.25, -0.2) is 9.37 Å². The van der Waals surface area contributed by atoms with Gasteiger partial charge >= 0.3 is 0 Å². The summed E-state index contributed by atoms with van der Waals surface area (Å²) < 4.78 is 12.9. The lowest BCUT2D eigenvalue weighted by Gasteiger charge is -2.32. The smallest absolute Gasteiger partial charge is 0.147 e. The quantitative estimate of drug-likeness (QED) is 0.919. The van der Waals surface area contributed by atoms with Crippen LogP contribution in [0.5, 0.6) is 0 Å². The van der Waals surface area contributed by atoms with Crippen LogP contribution in [0.1, 0.15) is 24.2 Å². The number of aromatic nitrogens is 3. The summed E-state index contributed by atoms with van der Waals surface area (Å²) in [5, 5.41) is 3.11. The summed E-state index contributed by atoms with van der Waals surface area (Å²) in [6.45, 7) is 2.85. The molecule has 0 aromatic carbocycles. The zero-order valence-corrected chi connectivity index (χ0v) is 13.4. The van der Waals surface area contributed by atoms with Crippen LogP contribution in [0.15, 0.2) is 30.7 Å². The molecule has 0 aliphatic carbocycles. The zero-order valence-electron chi connectivity index (χ0n) is 13.4. The molecule has 3 rings (SSSR count). The van der Waals surface area contributed by atoms with Crippen LogP contribution in [-0.4, -0.2) is 40.0 Å². The predicted molar refractivity (Wildman–Crippen MR) is 87.5 cm³/mol. The van der Waals surface area contributed by atoms with Gasteiger partial charge in [-0.3, -0.25) is 14.9 Å². The summed E-state index contributed by atoms with van der Waals surface area (Å²) in [6.07, 6.45) is 8.04. The molecule has 23 heavy (non-hydrogen) atoms. The summed E-state index contributed by atoms with van der Waals surface area (Å²) in [5.74, 6) is 1.14. The topological polar surface area (TPSA) is 53.9 Å². The van der Waals surface area contributed by atoms with Gasteiger partial charge in [0.25, 0.3) is 0 Å². The van der Waals surface area contributed by atoms with Crippen molar-refractivity contribution in [2.75, 3.05) is 25.5 Å². The van der Waals surface area contributed by atoms with Crippen molar-refractivity contribution in [1.29, 1.82) is 0 Å². The molecule has 0 spiro atoms. The molecule has 122 valence electrons. The van der Waals surface area contributed by atoms with Crippen LogP contribution in [0.25, 0.3) is 0 Å². The van der Waals surface area contributed by atoms with Crippen molar-refractivity contribution in [3.05, 3.63) is 47.9 Å². The van der Waals surface area contributed by atoms with Gasteiger partial charge in [-0.2, -0.15) is 0 Å². The molecule has 6 heteroatoms. The van der Waals surface area contributed by atoms with Crippen LogP contribution in [0.4, 0.5) is 10.2 Å². The number of hydrogen-bond acceptors (Lipinski definition) is 5. The molecule has 1 N–H and O–H groups in total. The minimum absolute atomic E-state index is 0.285. The molecular formula is C17H22FN5. The Labute approximate surface area is 136 Å². The Hall–Kier alpha value is -2.08. The van der Waals surface area contributed by atoms with Crippen molar-refractivity contribution in [3.63, 3.8) is 0 Å². The highest BCUT2D eigenvalue weighted by Gasteiger charge is 2.22. The highest BCUT2D eigenvalue weighted by atomic mass is 19.1. The zero-order chi connectivity index (χ0) is 16.1. The molecule has 0 amide bonds. The largest absolute Gasteiger partial charge is 0.372 e. The van der Waals surface area contributed by atoms with E-state index in [1.807, 2.05) is 7.05 Å². The Morgan fingerprint density at radius 2 is 2.13 bits per heavy atom. The fraction of sp³-hybridized carbons (Fsp3) is 0.471. The van der Waals surface area contributed by atoms with Crippen LogP contribution >= 0.6 is 0 Å². The first-order chi connectivity index (χ1) is 11.2. The second kappa shape index (κ2) is 7.46. The summed E-state index contributed by atoms with van der Waals surface area (Å²) in [5.41, 5.74) is 1.95. The third-order valence-electron chi connectivity index (χ3n) is 4.27. The first kappa shape index (κ1) is 15.8. The van der Waals surface area contributed by atoms with Gasteiger partial charge in [0.1, 0.15) is 11.6 Å². The molecule has 1 aliphatic rings. The van der Waals surface area contributed by atoms with Crippen molar-refractivity contribution in [1.82, 2.24) is 19.9 Å². The number of piperidine rings is 1. The van der Waals surface area contributed by atoms with Crippen molar-refractivity contribution >= 4 is 5.82 Å². The van der Waals surface area contributed by atoms with Gasteiger partial charge in [-0.15, -0.1) is 0 Å². The van der Waals surface area contributed by atoms with Crippen molar-refractivity contribution in [2.45, 2.75) is 25.8 Å². The Morgan fingerprint density at radius 1 is 1.26 bits per heavy atom. The van der Waals surface area contributed by atoms with Crippen LogP contribution in [-0.2, 0) is 13.0 Å². The second-order valence-electron chi connectivity index (χ2n) is 6.02. The maximum absolute atomic E-state index is 12.9. The van der Waals surface area contributed by atoms with Crippen LogP contribution < -0.4 is 5.32 Å². The summed E-state index contributed by atoms with van der Waals surface area (Å²) in [4.78, 5) is 15.3. The molecule has 1 atom stereocenters. The first-order valence-corrected chi connectivity index (χ1v) is 8.05. The van der Waals surface area contributed by atoms with Gasteiger partial charge in [0.15, 0.2) is 0 Å². The fourth-order valence-electron chi connectivity index (χ4n) is 3.19. The number of hydrogen-bond donors (Lipinski definition) is 1. The average molecular weight is 315 g/mol. The normalized spacial score (nSPS) is 18.8. The second-order valence-corrected chi connectivity index (χ2v) is 6.02. The summed E-state index contributed by atoms with van der Waals surface area (Å²) >= 11 is 0. The van der Waals surface area contributed by atoms with E-state index in [-0.39, 0.29) is 5.82 Å². The third-order valence-corrected chi connectivity index (χ3v) is 4.27. The molecule has 0 unspecified atom stereocenters. The molecule has 2 aromatic heterocycles. The number of nitrogens with one attached hydrogen (secondary N) is 1. The Kier molecular flexibility index (Phi) is 5.12. The number of pyridine rings is 1. The van der Waals surface area contributed by atoms with E-state index in [0.29, 0.717) is 5.92 Å². The van der Waals surface area contributed by atoms with E-state index >= 15 is 0 Å². The SMILES string of the molecule is CNc1nccnc1C[C@H]1CCCN(Cc2ccc(F)cn2)C1. The van der Waals surface area contributed by atoms with Gasteiger partial charge < -0.3 is 5.32 Å². The van der Waals surface area contributed by atoms with Crippen LogP contribution in [0, 0.1) is 11.7 Å². The Balaban J connectivity index is 1.60. The van der Waals surface area contributed by atoms with E-state index in [0.717, 1.165) is 43.3 Å². The standard InChI is InChI=1S/C17H22FN5/c1-19-17-16(20-6-7-21-17)9-13-3-2-8-23(11-13)12-15-5-4-14(18)10-22-15/h4-7,10,13H,2-3,8-9,11-12H2,1H3,(H,19,21)/t13-/m1/s1. The lowest BCUT2D eigenvalue weighted by Crippen LogP contribution is -2.36. The lowest BCUT2D eigenvalue weighted by molar-refractivity contribution is 0.165.